The number of carbonyl (C=O) groups excluding carboxylic acids is 1. The lowest BCUT2D eigenvalue weighted by atomic mass is 10.2. The quantitative estimate of drug-likeness (QED) is 0.812. The van der Waals surface area contributed by atoms with Gasteiger partial charge in [-0.2, -0.15) is 0 Å². The number of benzene rings is 1. The summed E-state index contributed by atoms with van der Waals surface area (Å²) in [5.74, 6) is 1.14. The standard InChI is InChI=1S/C21H33N5O/c1-5-9-26-19-8-7-17(22-21(27)16(3)4)14-18(19)23-20(26)15-25-12-10-24(6-2)11-13-25/h7-8,14,16H,5-6,9-13,15H2,1-4H3,(H,22,27). The highest BCUT2D eigenvalue weighted by Gasteiger charge is 2.19. The van der Waals surface area contributed by atoms with Gasteiger partial charge in [-0.1, -0.05) is 27.7 Å². The summed E-state index contributed by atoms with van der Waals surface area (Å²) in [6, 6.07) is 6.08. The number of hydrogen-bond acceptors (Lipinski definition) is 4. The number of likely N-dealkylation sites (N-methyl/N-ethyl adjacent to an activating group) is 1. The fraction of sp³-hybridized carbons (Fsp3) is 0.619. The van der Waals surface area contributed by atoms with Gasteiger partial charge in [-0.15, -0.1) is 0 Å². The van der Waals surface area contributed by atoms with Crippen molar-refractivity contribution in [2.45, 2.75) is 47.2 Å². The van der Waals surface area contributed by atoms with E-state index < -0.39 is 0 Å². The van der Waals surface area contributed by atoms with Crippen molar-refractivity contribution in [2.24, 2.45) is 5.92 Å². The van der Waals surface area contributed by atoms with Crippen LogP contribution in [0.1, 0.15) is 39.9 Å². The van der Waals surface area contributed by atoms with E-state index in [4.69, 9.17) is 4.98 Å². The molecule has 1 aliphatic rings. The summed E-state index contributed by atoms with van der Waals surface area (Å²) >= 11 is 0. The molecule has 0 unspecified atom stereocenters. The number of imidazole rings is 1. The maximum Gasteiger partial charge on any atom is 0.226 e. The third-order valence-electron chi connectivity index (χ3n) is 5.34. The first-order valence-corrected chi connectivity index (χ1v) is 10.3. The Morgan fingerprint density at radius 1 is 1.15 bits per heavy atom. The number of aromatic nitrogens is 2. The first-order chi connectivity index (χ1) is 13.0. The van der Waals surface area contributed by atoms with Crippen LogP contribution in [0.3, 0.4) is 0 Å². The lowest BCUT2D eigenvalue weighted by molar-refractivity contribution is -0.118. The van der Waals surface area contributed by atoms with E-state index in [0.29, 0.717) is 0 Å². The van der Waals surface area contributed by atoms with Crippen LogP contribution in [0, 0.1) is 5.92 Å². The van der Waals surface area contributed by atoms with Gasteiger partial charge >= 0.3 is 0 Å². The molecule has 1 fully saturated rings. The van der Waals surface area contributed by atoms with Gasteiger partial charge in [0.15, 0.2) is 0 Å². The van der Waals surface area contributed by atoms with Crippen molar-refractivity contribution in [3.63, 3.8) is 0 Å². The van der Waals surface area contributed by atoms with Crippen LogP contribution in [0.4, 0.5) is 5.69 Å². The van der Waals surface area contributed by atoms with E-state index in [9.17, 15) is 4.79 Å². The molecule has 6 nitrogen and oxygen atoms in total. The van der Waals surface area contributed by atoms with Gasteiger partial charge in [-0.25, -0.2) is 4.98 Å². The Hall–Kier alpha value is -1.92. The molecule has 1 aromatic heterocycles. The topological polar surface area (TPSA) is 53.4 Å². The zero-order chi connectivity index (χ0) is 19.4. The number of aryl methyl sites for hydroxylation is 1. The first kappa shape index (κ1) is 19.8. The molecule has 0 spiro atoms. The summed E-state index contributed by atoms with van der Waals surface area (Å²) in [7, 11) is 0. The second-order valence-corrected chi connectivity index (χ2v) is 7.74. The van der Waals surface area contributed by atoms with Crippen molar-refractivity contribution in [2.75, 3.05) is 38.0 Å². The molecule has 1 saturated heterocycles. The van der Waals surface area contributed by atoms with E-state index in [0.717, 1.165) is 74.8 Å². The molecular formula is C21H33N5O. The predicted molar refractivity (Wildman–Crippen MR) is 111 cm³/mol. The Morgan fingerprint density at radius 3 is 2.48 bits per heavy atom. The molecule has 0 atom stereocenters. The average Bonchev–Trinajstić information content (AvgIpc) is 2.99. The summed E-state index contributed by atoms with van der Waals surface area (Å²) in [4.78, 5) is 21.9. The Labute approximate surface area is 162 Å². The van der Waals surface area contributed by atoms with Gasteiger partial charge < -0.3 is 14.8 Å². The molecular weight excluding hydrogens is 338 g/mol. The summed E-state index contributed by atoms with van der Waals surface area (Å²) in [6.45, 7) is 15.7. The Morgan fingerprint density at radius 2 is 1.85 bits per heavy atom. The van der Waals surface area contributed by atoms with E-state index in [-0.39, 0.29) is 11.8 Å². The van der Waals surface area contributed by atoms with Gasteiger partial charge in [0.2, 0.25) is 5.91 Å². The van der Waals surface area contributed by atoms with Gasteiger partial charge in [0, 0.05) is 44.3 Å². The van der Waals surface area contributed by atoms with E-state index >= 15 is 0 Å². The molecule has 1 aromatic carbocycles. The monoisotopic (exact) mass is 371 g/mol. The zero-order valence-corrected chi connectivity index (χ0v) is 17.2. The number of amides is 1. The Kier molecular flexibility index (Phi) is 6.50. The molecule has 1 N–H and O–H groups in total. The van der Waals surface area contributed by atoms with Crippen LogP contribution < -0.4 is 5.32 Å². The minimum atomic E-state index is -0.0318. The van der Waals surface area contributed by atoms with E-state index in [1.165, 1.54) is 0 Å². The molecule has 1 amide bonds. The van der Waals surface area contributed by atoms with Crippen molar-refractivity contribution in [1.82, 2.24) is 19.4 Å². The molecule has 2 heterocycles. The van der Waals surface area contributed by atoms with Gasteiger partial charge in [0.1, 0.15) is 5.82 Å². The predicted octanol–water partition coefficient (Wildman–Crippen LogP) is 3.18. The minimum Gasteiger partial charge on any atom is -0.327 e. The SMILES string of the molecule is CCCn1c(CN2CCN(CC)CC2)nc2cc(NC(=O)C(C)C)ccc21. The molecule has 0 saturated carbocycles. The van der Waals surface area contributed by atoms with E-state index in [2.05, 4.69) is 39.6 Å². The highest BCUT2D eigenvalue weighted by atomic mass is 16.1. The van der Waals surface area contributed by atoms with Crippen LogP contribution in [-0.2, 0) is 17.9 Å². The van der Waals surface area contributed by atoms with Gasteiger partial charge in [-0.05, 0) is 31.2 Å². The average molecular weight is 372 g/mol. The molecule has 27 heavy (non-hydrogen) atoms. The molecule has 0 radical (unpaired) electrons. The van der Waals surface area contributed by atoms with Crippen LogP contribution in [0.5, 0.6) is 0 Å². The highest BCUT2D eigenvalue weighted by Crippen LogP contribution is 2.23. The van der Waals surface area contributed by atoms with Crippen LogP contribution in [-0.4, -0.2) is 58.0 Å². The van der Waals surface area contributed by atoms with Gasteiger partial charge in [0.05, 0.1) is 17.6 Å². The van der Waals surface area contributed by atoms with Crippen molar-refractivity contribution in [3.05, 3.63) is 24.0 Å². The fourth-order valence-electron chi connectivity index (χ4n) is 3.60. The minimum absolute atomic E-state index is 0.0318. The summed E-state index contributed by atoms with van der Waals surface area (Å²) in [5.41, 5.74) is 2.94. The van der Waals surface area contributed by atoms with Crippen molar-refractivity contribution >= 4 is 22.6 Å². The Balaban J connectivity index is 1.81. The second kappa shape index (κ2) is 8.85. The van der Waals surface area contributed by atoms with Crippen molar-refractivity contribution < 1.29 is 4.79 Å². The Bertz CT molecular complexity index is 774. The zero-order valence-electron chi connectivity index (χ0n) is 17.2. The summed E-state index contributed by atoms with van der Waals surface area (Å²) in [6.07, 6.45) is 1.08. The van der Waals surface area contributed by atoms with Crippen LogP contribution in [0.15, 0.2) is 18.2 Å². The van der Waals surface area contributed by atoms with Crippen molar-refractivity contribution in [3.8, 4) is 0 Å². The molecule has 0 aliphatic carbocycles. The number of anilines is 1. The summed E-state index contributed by atoms with van der Waals surface area (Å²) in [5, 5.41) is 2.98. The van der Waals surface area contributed by atoms with Crippen LogP contribution in [0.2, 0.25) is 0 Å². The van der Waals surface area contributed by atoms with Crippen LogP contribution in [0.25, 0.3) is 11.0 Å². The van der Waals surface area contributed by atoms with E-state index in [1.54, 1.807) is 0 Å². The number of fused-ring (bicyclic) bond motifs is 1. The second-order valence-electron chi connectivity index (χ2n) is 7.74. The third kappa shape index (κ3) is 4.68. The van der Waals surface area contributed by atoms with Gasteiger partial charge in [-0.3, -0.25) is 9.69 Å². The molecule has 6 heteroatoms. The molecule has 148 valence electrons. The number of carbonyl (C=O) groups is 1. The molecule has 3 rings (SSSR count). The molecule has 2 aromatic rings. The number of nitrogens with zero attached hydrogens (tertiary/aromatic N) is 4. The maximum absolute atomic E-state index is 12.0. The number of nitrogens with one attached hydrogen (secondary N) is 1. The highest BCUT2D eigenvalue weighted by molar-refractivity contribution is 5.94. The van der Waals surface area contributed by atoms with Crippen molar-refractivity contribution in [1.29, 1.82) is 0 Å². The fourth-order valence-corrected chi connectivity index (χ4v) is 3.60. The third-order valence-corrected chi connectivity index (χ3v) is 5.34. The first-order valence-electron chi connectivity index (χ1n) is 10.3. The summed E-state index contributed by atoms with van der Waals surface area (Å²) < 4.78 is 2.34. The van der Waals surface area contributed by atoms with Gasteiger partial charge in [0.25, 0.3) is 0 Å². The number of hydrogen-bond donors (Lipinski definition) is 1. The van der Waals surface area contributed by atoms with Crippen LogP contribution >= 0.6 is 0 Å². The normalized spacial score (nSPS) is 16.3. The molecule has 1 aliphatic heterocycles. The van der Waals surface area contributed by atoms with E-state index in [1.807, 2.05) is 26.0 Å². The number of piperazine rings is 1. The number of rotatable bonds is 7. The largest absolute Gasteiger partial charge is 0.327 e. The lowest BCUT2D eigenvalue weighted by Crippen LogP contribution is -2.45. The molecule has 0 bridgehead atoms. The smallest absolute Gasteiger partial charge is 0.226 e. The maximum atomic E-state index is 12.0. The lowest BCUT2D eigenvalue weighted by Gasteiger charge is -2.33.